The van der Waals surface area contributed by atoms with Crippen LogP contribution in [0.15, 0.2) is 23.5 Å². The SMILES string of the molecule is C=C1N=C2c3c(cc(C)c(Cl)c3NCC3CN(C)CCN23)N1C. The summed E-state index contributed by atoms with van der Waals surface area (Å²) in [5, 5.41) is 4.39. The van der Waals surface area contributed by atoms with Crippen LogP contribution in [0.25, 0.3) is 0 Å². The van der Waals surface area contributed by atoms with Crippen LogP contribution in [0.3, 0.4) is 0 Å². The minimum Gasteiger partial charge on any atom is -0.381 e. The maximum atomic E-state index is 6.62. The maximum Gasteiger partial charge on any atom is 0.142 e. The number of likely N-dealkylation sites (N-methyl/N-ethyl adjacent to an activating group) is 1. The summed E-state index contributed by atoms with van der Waals surface area (Å²) in [6.45, 7) is 10.1. The van der Waals surface area contributed by atoms with Gasteiger partial charge in [0.15, 0.2) is 0 Å². The van der Waals surface area contributed by atoms with E-state index in [9.17, 15) is 0 Å². The van der Waals surface area contributed by atoms with Crippen molar-refractivity contribution in [3.05, 3.63) is 34.6 Å². The number of piperazine rings is 1. The molecule has 1 aromatic rings. The van der Waals surface area contributed by atoms with Crippen molar-refractivity contribution in [3.63, 3.8) is 0 Å². The second kappa shape index (κ2) is 5.14. The predicted molar refractivity (Wildman–Crippen MR) is 96.7 cm³/mol. The summed E-state index contributed by atoms with van der Waals surface area (Å²) in [5.41, 5.74) is 4.33. The van der Waals surface area contributed by atoms with Crippen LogP contribution in [0, 0.1) is 6.92 Å². The Kier molecular flexibility index (Phi) is 3.32. The number of anilines is 2. The summed E-state index contributed by atoms with van der Waals surface area (Å²) in [6.07, 6.45) is 0. The molecule has 0 aliphatic carbocycles. The number of hydrogen-bond donors (Lipinski definition) is 1. The van der Waals surface area contributed by atoms with Gasteiger partial charge in [0.1, 0.15) is 11.7 Å². The van der Waals surface area contributed by atoms with E-state index in [0.717, 1.165) is 65.4 Å². The Balaban J connectivity index is 1.94. The van der Waals surface area contributed by atoms with Gasteiger partial charge in [0.25, 0.3) is 0 Å². The fraction of sp³-hybridized carbons (Fsp3) is 0.471. The highest BCUT2D eigenvalue weighted by atomic mass is 35.5. The molecule has 122 valence electrons. The van der Waals surface area contributed by atoms with Crippen LogP contribution in [0.4, 0.5) is 11.4 Å². The van der Waals surface area contributed by atoms with E-state index < -0.39 is 0 Å². The van der Waals surface area contributed by atoms with E-state index in [0.29, 0.717) is 6.04 Å². The van der Waals surface area contributed by atoms with Gasteiger partial charge in [-0.25, -0.2) is 4.99 Å². The van der Waals surface area contributed by atoms with E-state index in [4.69, 9.17) is 16.6 Å². The van der Waals surface area contributed by atoms with Gasteiger partial charge in [-0.05, 0) is 25.6 Å². The largest absolute Gasteiger partial charge is 0.381 e. The number of hydrogen-bond acceptors (Lipinski definition) is 5. The van der Waals surface area contributed by atoms with Crippen molar-refractivity contribution in [2.75, 3.05) is 50.5 Å². The van der Waals surface area contributed by atoms with E-state index in [2.05, 4.69) is 41.7 Å². The molecule has 0 bridgehead atoms. The standard InChI is InChI=1S/C17H22ClN5/c1-10-7-13-14-16(15(10)18)19-8-12-9-21(3)5-6-23(12)17(14)20-11(2)22(13)4/h7,12,19H,2,5-6,8-9H2,1,3-4H3. The van der Waals surface area contributed by atoms with Gasteiger partial charge in [-0.2, -0.15) is 0 Å². The number of halogens is 1. The molecule has 3 aliphatic rings. The molecular formula is C17H22ClN5. The highest BCUT2D eigenvalue weighted by molar-refractivity contribution is 6.35. The molecule has 1 N–H and O–H groups in total. The third-order valence-corrected chi connectivity index (χ3v) is 5.59. The van der Waals surface area contributed by atoms with Gasteiger partial charge in [0, 0.05) is 33.2 Å². The lowest BCUT2D eigenvalue weighted by Gasteiger charge is -2.42. The molecule has 0 saturated carbocycles. The third kappa shape index (κ3) is 2.14. The first-order chi connectivity index (χ1) is 11.0. The normalized spacial score (nSPS) is 23.7. The van der Waals surface area contributed by atoms with Crippen molar-refractivity contribution in [2.45, 2.75) is 13.0 Å². The summed E-state index contributed by atoms with van der Waals surface area (Å²) in [7, 11) is 4.19. The topological polar surface area (TPSA) is 34.1 Å². The molecule has 1 unspecified atom stereocenters. The molecule has 1 fully saturated rings. The molecule has 6 heteroatoms. The van der Waals surface area contributed by atoms with Crippen molar-refractivity contribution < 1.29 is 0 Å². The van der Waals surface area contributed by atoms with Crippen LogP contribution < -0.4 is 10.2 Å². The zero-order valence-electron chi connectivity index (χ0n) is 13.9. The Bertz CT molecular complexity index is 726. The number of fused-ring (bicyclic) bond motifs is 2. The first kappa shape index (κ1) is 14.8. The monoisotopic (exact) mass is 331 g/mol. The van der Waals surface area contributed by atoms with E-state index in [1.807, 2.05) is 11.9 Å². The molecule has 3 aliphatic heterocycles. The Morgan fingerprint density at radius 1 is 1.35 bits per heavy atom. The number of benzene rings is 1. The molecule has 23 heavy (non-hydrogen) atoms. The average Bonchev–Trinajstić information content (AvgIpc) is 2.67. The van der Waals surface area contributed by atoms with Gasteiger partial charge in [-0.15, -0.1) is 0 Å². The quantitative estimate of drug-likeness (QED) is 0.791. The molecule has 0 amide bonds. The minimum absolute atomic E-state index is 0.389. The van der Waals surface area contributed by atoms with Crippen molar-refractivity contribution in [1.82, 2.24) is 9.80 Å². The molecule has 3 heterocycles. The smallest absolute Gasteiger partial charge is 0.142 e. The molecule has 5 nitrogen and oxygen atoms in total. The van der Waals surface area contributed by atoms with E-state index in [1.54, 1.807) is 0 Å². The molecular weight excluding hydrogens is 310 g/mol. The lowest BCUT2D eigenvalue weighted by atomic mass is 10.0. The van der Waals surface area contributed by atoms with E-state index in [-0.39, 0.29) is 0 Å². The highest BCUT2D eigenvalue weighted by Crippen LogP contribution is 2.42. The molecule has 1 saturated heterocycles. The second-order valence-electron chi connectivity index (χ2n) is 6.68. The van der Waals surface area contributed by atoms with E-state index in [1.165, 1.54) is 0 Å². The van der Waals surface area contributed by atoms with Gasteiger partial charge in [0.2, 0.25) is 0 Å². The van der Waals surface area contributed by atoms with Crippen molar-refractivity contribution in [2.24, 2.45) is 4.99 Å². The second-order valence-corrected chi connectivity index (χ2v) is 7.06. The summed E-state index contributed by atoms with van der Waals surface area (Å²) in [6, 6.07) is 2.53. The van der Waals surface area contributed by atoms with Crippen LogP contribution in [0.5, 0.6) is 0 Å². The van der Waals surface area contributed by atoms with Crippen LogP contribution in [-0.2, 0) is 0 Å². The van der Waals surface area contributed by atoms with Crippen LogP contribution in [-0.4, -0.2) is 62.0 Å². The van der Waals surface area contributed by atoms with Gasteiger partial charge >= 0.3 is 0 Å². The summed E-state index contributed by atoms with van der Waals surface area (Å²) < 4.78 is 0. The highest BCUT2D eigenvalue weighted by Gasteiger charge is 2.37. The first-order valence-electron chi connectivity index (χ1n) is 8.01. The summed E-state index contributed by atoms with van der Waals surface area (Å²) in [5.74, 6) is 1.79. The number of rotatable bonds is 0. The number of aliphatic imine (C=N–C) groups is 1. The Hall–Kier alpha value is -1.72. The Morgan fingerprint density at radius 3 is 2.91 bits per heavy atom. The molecule has 4 rings (SSSR count). The fourth-order valence-corrected chi connectivity index (χ4v) is 3.93. The zero-order chi connectivity index (χ0) is 16.3. The average molecular weight is 332 g/mol. The predicted octanol–water partition coefficient (Wildman–Crippen LogP) is 2.36. The van der Waals surface area contributed by atoms with Crippen LogP contribution in [0.2, 0.25) is 5.02 Å². The lowest BCUT2D eigenvalue weighted by molar-refractivity contribution is 0.159. The van der Waals surface area contributed by atoms with Crippen molar-refractivity contribution in [1.29, 1.82) is 0 Å². The summed E-state index contributed by atoms with van der Waals surface area (Å²) >= 11 is 6.62. The number of nitrogens with zero attached hydrogens (tertiary/aromatic N) is 4. The maximum absolute atomic E-state index is 6.62. The van der Waals surface area contributed by atoms with Crippen LogP contribution in [0.1, 0.15) is 11.1 Å². The number of amidine groups is 1. The first-order valence-corrected chi connectivity index (χ1v) is 8.39. The zero-order valence-corrected chi connectivity index (χ0v) is 14.6. The van der Waals surface area contributed by atoms with E-state index >= 15 is 0 Å². The minimum atomic E-state index is 0.389. The molecule has 0 radical (unpaired) electrons. The number of aryl methyl sites for hydroxylation is 1. The van der Waals surface area contributed by atoms with Gasteiger partial charge in [-0.1, -0.05) is 18.2 Å². The van der Waals surface area contributed by atoms with Crippen molar-refractivity contribution in [3.8, 4) is 0 Å². The Labute approximate surface area is 142 Å². The van der Waals surface area contributed by atoms with Crippen LogP contribution >= 0.6 is 11.6 Å². The molecule has 1 aromatic carbocycles. The van der Waals surface area contributed by atoms with Crippen molar-refractivity contribution >= 4 is 28.8 Å². The van der Waals surface area contributed by atoms with Gasteiger partial charge < -0.3 is 20.0 Å². The fourth-order valence-electron chi connectivity index (χ4n) is 3.72. The van der Waals surface area contributed by atoms with Gasteiger partial charge in [-0.3, -0.25) is 0 Å². The number of nitrogens with one attached hydrogen (secondary N) is 1. The third-order valence-electron chi connectivity index (χ3n) is 5.10. The Morgan fingerprint density at radius 2 is 2.13 bits per heavy atom. The molecule has 0 spiro atoms. The van der Waals surface area contributed by atoms with Gasteiger partial charge in [0.05, 0.1) is 28.0 Å². The molecule has 1 atom stereocenters. The summed E-state index contributed by atoms with van der Waals surface area (Å²) in [4.78, 5) is 11.7. The molecule has 0 aromatic heterocycles. The lowest BCUT2D eigenvalue weighted by Crippen LogP contribution is -2.56.